The number of hydrogen-bond acceptors (Lipinski definition) is 0. The Morgan fingerprint density at radius 3 is 2.54 bits per heavy atom. The molecule has 0 aliphatic rings. The van der Waals surface area contributed by atoms with Crippen molar-refractivity contribution in [3.8, 4) is 0 Å². The Labute approximate surface area is 86.3 Å². The molecule has 5 N–H and O–H groups in total. The van der Waals surface area contributed by atoms with Crippen LogP contribution in [0.1, 0.15) is 5.56 Å². The van der Waals surface area contributed by atoms with Gasteiger partial charge in [0.1, 0.15) is 0 Å². The van der Waals surface area contributed by atoms with Crippen molar-refractivity contribution in [2.45, 2.75) is 6.54 Å². The van der Waals surface area contributed by atoms with Gasteiger partial charge in [-0.3, -0.25) is 16.5 Å². The van der Waals surface area contributed by atoms with Crippen molar-refractivity contribution in [3.05, 3.63) is 33.8 Å². The summed E-state index contributed by atoms with van der Waals surface area (Å²) in [4.78, 5) is 2.77. The van der Waals surface area contributed by atoms with Gasteiger partial charge >= 0.3 is 5.96 Å². The largest absolute Gasteiger partial charge is 0.339 e. The van der Waals surface area contributed by atoms with Gasteiger partial charge in [0.15, 0.2) is 0 Å². The highest BCUT2D eigenvalue weighted by Gasteiger charge is 2.00. The summed E-state index contributed by atoms with van der Waals surface area (Å²) in [5.74, 6) is 0.172. The number of guanidine groups is 1. The molecule has 1 rings (SSSR count). The molecule has 0 radical (unpaired) electrons. The highest BCUT2D eigenvalue weighted by Crippen LogP contribution is 2.19. The maximum Gasteiger partial charge on any atom is 0.339 e. The molecule has 0 aliphatic carbocycles. The number of rotatable bonds is 2. The summed E-state index contributed by atoms with van der Waals surface area (Å²) in [7, 11) is 0. The van der Waals surface area contributed by atoms with Crippen molar-refractivity contribution in [3.63, 3.8) is 0 Å². The fourth-order valence-corrected chi connectivity index (χ4v) is 1.34. The minimum atomic E-state index is 0.172. The Kier molecular flexibility index (Phi) is 3.39. The van der Waals surface area contributed by atoms with Gasteiger partial charge < -0.3 is 0 Å². The summed E-state index contributed by atoms with van der Waals surface area (Å²) in [5.41, 5.74) is 11.4. The van der Waals surface area contributed by atoms with Crippen molar-refractivity contribution in [2.24, 2.45) is 11.5 Å². The monoisotopic (exact) mass is 218 g/mol. The van der Waals surface area contributed by atoms with E-state index in [1.807, 2.05) is 6.07 Å². The highest BCUT2D eigenvalue weighted by molar-refractivity contribution is 6.35. The fourth-order valence-electron chi connectivity index (χ4n) is 0.862. The molecule has 1 aromatic carbocycles. The predicted octanol–water partition coefficient (Wildman–Crippen LogP) is -0.153. The van der Waals surface area contributed by atoms with Crippen molar-refractivity contribution in [1.82, 2.24) is 0 Å². The third-order valence-electron chi connectivity index (χ3n) is 1.50. The molecule has 0 saturated heterocycles. The van der Waals surface area contributed by atoms with Crippen LogP contribution >= 0.6 is 23.2 Å². The molecule has 0 atom stereocenters. The van der Waals surface area contributed by atoms with E-state index in [0.717, 1.165) is 5.56 Å². The first-order valence-corrected chi connectivity index (χ1v) is 4.41. The lowest BCUT2D eigenvalue weighted by molar-refractivity contribution is -0.477. The zero-order valence-corrected chi connectivity index (χ0v) is 8.36. The van der Waals surface area contributed by atoms with E-state index < -0.39 is 0 Å². The van der Waals surface area contributed by atoms with Crippen LogP contribution in [0.3, 0.4) is 0 Å². The summed E-state index contributed by atoms with van der Waals surface area (Å²) < 4.78 is 0. The standard InChI is InChI=1S/C8H9Cl2N3/c9-6-2-1-5(7(10)3-6)4-13-8(11)12/h1-3H,4H2,(H4,11,12,13)/p+1. The molecule has 70 valence electrons. The second-order valence-corrected chi connectivity index (χ2v) is 3.39. The summed E-state index contributed by atoms with van der Waals surface area (Å²) in [6, 6.07) is 5.25. The number of halogens is 2. The van der Waals surface area contributed by atoms with Crippen molar-refractivity contribution in [2.75, 3.05) is 0 Å². The molecule has 0 heterocycles. The van der Waals surface area contributed by atoms with Gasteiger partial charge in [-0.25, -0.2) is 0 Å². The summed E-state index contributed by atoms with van der Waals surface area (Å²) in [6.45, 7) is 0.498. The summed E-state index contributed by atoms with van der Waals surface area (Å²) in [5, 5.41) is 1.21. The maximum atomic E-state index is 5.90. The molecule has 0 aromatic heterocycles. The van der Waals surface area contributed by atoms with Gasteiger partial charge in [-0.05, 0) is 12.1 Å². The van der Waals surface area contributed by atoms with Gasteiger partial charge in [0.25, 0.3) is 0 Å². The van der Waals surface area contributed by atoms with Gasteiger partial charge in [0.05, 0.1) is 6.54 Å². The highest BCUT2D eigenvalue weighted by atomic mass is 35.5. The van der Waals surface area contributed by atoms with Crippen LogP contribution in [0.25, 0.3) is 0 Å². The van der Waals surface area contributed by atoms with E-state index in [1.54, 1.807) is 12.1 Å². The average molecular weight is 219 g/mol. The number of hydrogen-bond donors (Lipinski definition) is 3. The van der Waals surface area contributed by atoms with Crippen molar-refractivity contribution in [1.29, 1.82) is 0 Å². The lowest BCUT2D eigenvalue weighted by atomic mass is 10.2. The first kappa shape index (κ1) is 10.2. The van der Waals surface area contributed by atoms with E-state index in [2.05, 4.69) is 4.99 Å². The predicted molar refractivity (Wildman–Crippen MR) is 54.5 cm³/mol. The second kappa shape index (κ2) is 4.35. The third-order valence-corrected chi connectivity index (χ3v) is 2.09. The van der Waals surface area contributed by atoms with Gasteiger partial charge in [-0.1, -0.05) is 29.3 Å². The molecule has 13 heavy (non-hydrogen) atoms. The number of benzene rings is 1. The Balaban J connectivity index is 2.84. The molecule has 0 amide bonds. The second-order valence-electron chi connectivity index (χ2n) is 2.54. The molecular formula is C8H10Cl2N3+. The molecule has 1 aromatic rings. The number of nitrogens with one attached hydrogen (secondary N) is 1. The van der Waals surface area contributed by atoms with E-state index in [0.29, 0.717) is 16.6 Å². The summed E-state index contributed by atoms with van der Waals surface area (Å²) in [6.07, 6.45) is 0. The average Bonchev–Trinajstić information content (AvgIpc) is 2.02. The summed E-state index contributed by atoms with van der Waals surface area (Å²) >= 11 is 11.6. The zero-order valence-electron chi connectivity index (χ0n) is 6.85. The minimum Gasteiger partial charge on any atom is -0.291 e. The first-order chi connectivity index (χ1) is 6.09. The van der Waals surface area contributed by atoms with Crippen LogP contribution in [0.15, 0.2) is 18.2 Å². The van der Waals surface area contributed by atoms with Crippen LogP contribution in [0.2, 0.25) is 10.0 Å². The van der Waals surface area contributed by atoms with E-state index in [9.17, 15) is 0 Å². The molecule has 0 spiro atoms. The lowest BCUT2D eigenvalue weighted by Gasteiger charge is -1.99. The van der Waals surface area contributed by atoms with Crippen LogP contribution in [0, 0.1) is 0 Å². The SMILES string of the molecule is NC(N)=[NH+]Cc1ccc(Cl)cc1Cl. The van der Waals surface area contributed by atoms with Gasteiger partial charge in [-0.15, -0.1) is 0 Å². The fraction of sp³-hybridized carbons (Fsp3) is 0.125. The van der Waals surface area contributed by atoms with Crippen LogP contribution in [0.5, 0.6) is 0 Å². The zero-order chi connectivity index (χ0) is 9.84. The topological polar surface area (TPSA) is 66.0 Å². The molecule has 0 saturated carbocycles. The third kappa shape index (κ3) is 3.13. The molecular weight excluding hydrogens is 209 g/mol. The van der Waals surface area contributed by atoms with Gasteiger partial charge in [0.2, 0.25) is 0 Å². The minimum absolute atomic E-state index is 0.172. The van der Waals surface area contributed by atoms with Crippen LogP contribution in [-0.4, -0.2) is 5.96 Å². The lowest BCUT2D eigenvalue weighted by Crippen LogP contribution is -2.76. The van der Waals surface area contributed by atoms with E-state index in [-0.39, 0.29) is 5.96 Å². The number of nitrogens with two attached hydrogens (primary N) is 2. The van der Waals surface area contributed by atoms with Crippen LogP contribution in [-0.2, 0) is 6.54 Å². The van der Waals surface area contributed by atoms with Gasteiger partial charge in [-0.2, -0.15) is 0 Å². The van der Waals surface area contributed by atoms with E-state index in [1.165, 1.54) is 0 Å². The molecule has 0 fully saturated rings. The quantitative estimate of drug-likeness (QED) is 0.478. The van der Waals surface area contributed by atoms with Crippen molar-refractivity contribution < 1.29 is 4.99 Å². The molecule has 3 nitrogen and oxygen atoms in total. The first-order valence-electron chi connectivity index (χ1n) is 3.65. The molecule has 5 heteroatoms. The Morgan fingerprint density at radius 2 is 2.00 bits per heavy atom. The maximum absolute atomic E-state index is 5.90. The molecule has 0 aliphatic heterocycles. The van der Waals surface area contributed by atoms with Crippen molar-refractivity contribution >= 4 is 29.2 Å². The van der Waals surface area contributed by atoms with E-state index >= 15 is 0 Å². The normalized spacial score (nSPS) is 9.69. The van der Waals surface area contributed by atoms with E-state index in [4.69, 9.17) is 34.7 Å². The van der Waals surface area contributed by atoms with Crippen LogP contribution in [0.4, 0.5) is 0 Å². The smallest absolute Gasteiger partial charge is 0.291 e. The van der Waals surface area contributed by atoms with Gasteiger partial charge in [0, 0.05) is 15.6 Å². The Bertz CT molecular complexity index is 332. The molecule has 0 bridgehead atoms. The van der Waals surface area contributed by atoms with Crippen LogP contribution < -0.4 is 16.5 Å². The Morgan fingerprint density at radius 1 is 1.31 bits per heavy atom. The Hall–Kier alpha value is -0.930. The molecule has 0 unspecified atom stereocenters.